The van der Waals surface area contributed by atoms with Crippen molar-refractivity contribution in [2.24, 2.45) is 0 Å². The summed E-state index contributed by atoms with van der Waals surface area (Å²) in [5.74, 6) is 1.14. The second-order valence-electron chi connectivity index (χ2n) is 5.92. The average Bonchev–Trinajstić information content (AvgIpc) is 3.18. The van der Waals surface area contributed by atoms with Crippen LogP contribution in [0.25, 0.3) is 11.4 Å². The highest BCUT2D eigenvalue weighted by Gasteiger charge is 2.21. The summed E-state index contributed by atoms with van der Waals surface area (Å²) in [6.45, 7) is 3.00. The molecule has 0 aliphatic carbocycles. The summed E-state index contributed by atoms with van der Waals surface area (Å²) in [5.41, 5.74) is 4.28. The van der Waals surface area contributed by atoms with Crippen molar-refractivity contribution >= 4 is 11.7 Å². The molecule has 1 aliphatic rings. The summed E-state index contributed by atoms with van der Waals surface area (Å²) in [7, 11) is 0. The summed E-state index contributed by atoms with van der Waals surface area (Å²) in [4.78, 5) is 9.23. The monoisotopic (exact) mass is 319 g/mol. The molecule has 0 fully saturated rings. The Morgan fingerprint density at radius 1 is 1.21 bits per heavy atom. The maximum absolute atomic E-state index is 8.84. The van der Waals surface area contributed by atoms with Gasteiger partial charge in [0.15, 0.2) is 0 Å². The van der Waals surface area contributed by atoms with E-state index in [2.05, 4.69) is 25.9 Å². The maximum Gasteiger partial charge on any atom is 0.299 e. The molecule has 2 aromatic heterocycles. The number of aromatic nitrogens is 3. The van der Waals surface area contributed by atoms with Gasteiger partial charge in [0.2, 0.25) is 0 Å². The molecule has 1 aliphatic heterocycles. The molecular weight excluding hydrogens is 302 g/mol. The molecule has 0 spiro atoms. The Morgan fingerprint density at radius 3 is 2.83 bits per heavy atom. The first-order valence-electron chi connectivity index (χ1n) is 8.03. The highest BCUT2D eigenvalue weighted by Crippen LogP contribution is 2.29. The molecule has 0 atom stereocenters. The summed E-state index contributed by atoms with van der Waals surface area (Å²) in [5, 5.41) is 12.0. The molecule has 0 saturated heterocycles. The first-order chi connectivity index (χ1) is 11.7. The van der Waals surface area contributed by atoms with E-state index in [-0.39, 0.29) is 0 Å². The maximum atomic E-state index is 8.84. The van der Waals surface area contributed by atoms with E-state index in [0.717, 1.165) is 41.6 Å². The number of nitrogens with one attached hydrogen (secondary N) is 1. The van der Waals surface area contributed by atoms with Crippen LogP contribution in [0, 0.1) is 18.3 Å². The van der Waals surface area contributed by atoms with Crippen molar-refractivity contribution in [1.29, 1.82) is 5.26 Å². The van der Waals surface area contributed by atoms with Gasteiger partial charge in [-0.25, -0.2) is 4.98 Å². The minimum absolute atomic E-state index is 0.431. The topological polar surface area (TPSA) is 79.7 Å². The smallest absolute Gasteiger partial charge is 0.299 e. The molecule has 0 radical (unpaired) electrons. The van der Waals surface area contributed by atoms with E-state index >= 15 is 0 Å². The molecule has 0 amide bonds. The van der Waals surface area contributed by atoms with Crippen molar-refractivity contribution in [2.45, 2.75) is 32.7 Å². The van der Waals surface area contributed by atoms with Crippen molar-refractivity contribution in [3.63, 3.8) is 0 Å². The fraction of sp³-hybridized carbons (Fsp3) is 0.278. The van der Waals surface area contributed by atoms with Gasteiger partial charge in [-0.1, -0.05) is 0 Å². The number of imidazole rings is 1. The first kappa shape index (κ1) is 14.5. The molecule has 1 N–H and O–H groups in total. The Bertz CT molecular complexity index is 914. The third-order valence-corrected chi connectivity index (χ3v) is 4.27. The fourth-order valence-corrected chi connectivity index (χ4v) is 3.13. The lowest BCUT2D eigenvalue weighted by atomic mass is 10.1. The number of nitriles is 1. The zero-order valence-corrected chi connectivity index (χ0v) is 13.4. The van der Waals surface area contributed by atoms with Crippen LogP contribution in [0.1, 0.15) is 29.9 Å². The van der Waals surface area contributed by atoms with E-state index in [9.17, 15) is 0 Å². The van der Waals surface area contributed by atoms with Crippen LogP contribution in [0.4, 0.5) is 11.7 Å². The highest BCUT2D eigenvalue weighted by molar-refractivity contribution is 5.61. The summed E-state index contributed by atoms with van der Waals surface area (Å²) in [6.07, 6.45) is 5.05. The minimum atomic E-state index is 0.431. The number of fused-ring (bicyclic) bond motifs is 1. The van der Waals surface area contributed by atoms with Crippen molar-refractivity contribution in [3.8, 4) is 17.5 Å². The average molecular weight is 319 g/mol. The molecular formula is C18H17N5O. The largest absolute Gasteiger partial charge is 0.431 e. The molecule has 0 saturated carbocycles. The predicted molar refractivity (Wildman–Crippen MR) is 89.8 cm³/mol. The van der Waals surface area contributed by atoms with Gasteiger partial charge in [-0.05, 0) is 44.0 Å². The Balaban J connectivity index is 1.61. The molecule has 1 aromatic carbocycles. The number of hydrogen-bond acceptors (Lipinski definition) is 5. The molecule has 3 aromatic rings. The van der Waals surface area contributed by atoms with Gasteiger partial charge < -0.3 is 14.3 Å². The van der Waals surface area contributed by atoms with Gasteiger partial charge >= 0.3 is 0 Å². The second-order valence-corrected chi connectivity index (χ2v) is 5.92. The third kappa shape index (κ3) is 2.54. The van der Waals surface area contributed by atoms with Crippen LogP contribution >= 0.6 is 0 Å². The van der Waals surface area contributed by atoms with Gasteiger partial charge in [0.05, 0.1) is 23.0 Å². The molecule has 120 valence electrons. The lowest BCUT2D eigenvalue weighted by molar-refractivity contribution is 0.525. The number of hydrogen-bond donors (Lipinski definition) is 1. The minimum Gasteiger partial charge on any atom is -0.431 e. The Kier molecular flexibility index (Phi) is 3.54. The van der Waals surface area contributed by atoms with Crippen LogP contribution in [0.5, 0.6) is 0 Å². The van der Waals surface area contributed by atoms with Crippen molar-refractivity contribution in [3.05, 3.63) is 47.6 Å². The number of nitrogens with zero attached hydrogens (tertiary/aromatic N) is 4. The van der Waals surface area contributed by atoms with Crippen LogP contribution in [0.2, 0.25) is 0 Å². The van der Waals surface area contributed by atoms with Gasteiger partial charge in [0, 0.05) is 18.7 Å². The van der Waals surface area contributed by atoms with Gasteiger partial charge in [-0.2, -0.15) is 10.2 Å². The van der Waals surface area contributed by atoms with Gasteiger partial charge in [-0.15, -0.1) is 0 Å². The van der Waals surface area contributed by atoms with Crippen molar-refractivity contribution in [1.82, 2.24) is 14.5 Å². The number of anilines is 2. The van der Waals surface area contributed by atoms with Crippen LogP contribution in [-0.2, 0) is 13.0 Å². The zero-order chi connectivity index (χ0) is 16.5. The Hall–Kier alpha value is -3.07. The van der Waals surface area contributed by atoms with Crippen molar-refractivity contribution in [2.75, 3.05) is 5.32 Å². The summed E-state index contributed by atoms with van der Waals surface area (Å²) >= 11 is 0. The van der Waals surface area contributed by atoms with Crippen LogP contribution in [0.15, 0.2) is 34.9 Å². The Labute approximate surface area is 139 Å². The number of aryl methyl sites for hydroxylation is 2. The van der Waals surface area contributed by atoms with E-state index in [0.29, 0.717) is 11.6 Å². The SMILES string of the molecule is Cc1nc2n(c1-c1coc(Nc3ccc(C#N)cc3)n1)CCCC2. The van der Waals surface area contributed by atoms with E-state index in [1.54, 1.807) is 18.4 Å². The van der Waals surface area contributed by atoms with E-state index in [4.69, 9.17) is 9.68 Å². The van der Waals surface area contributed by atoms with Gasteiger partial charge in [0.1, 0.15) is 17.8 Å². The van der Waals surface area contributed by atoms with E-state index in [1.165, 1.54) is 12.8 Å². The van der Waals surface area contributed by atoms with Crippen LogP contribution < -0.4 is 5.32 Å². The highest BCUT2D eigenvalue weighted by atomic mass is 16.4. The lowest BCUT2D eigenvalue weighted by Crippen LogP contribution is -2.11. The molecule has 0 unspecified atom stereocenters. The molecule has 4 rings (SSSR count). The summed E-state index contributed by atoms with van der Waals surface area (Å²) in [6, 6.07) is 9.69. The standard InChI is InChI=1S/C18H17N5O/c1-12-17(23-9-3-2-4-16(23)20-12)15-11-24-18(22-15)21-14-7-5-13(10-19)6-8-14/h5-8,11H,2-4,9H2,1H3,(H,21,22). The molecule has 0 bridgehead atoms. The van der Waals surface area contributed by atoms with E-state index < -0.39 is 0 Å². The van der Waals surface area contributed by atoms with Crippen molar-refractivity contribution < 1.29 is 4.42 Å². The number of benzene rings is 1. The van der Waals surface area contributed by atoms with Gasteiger partial charge in [0.25, 0.3) is 6.01 Å². The predicted octanol–water partition coefficient (Wildman–Crippen LogP) is 3.80. The van der Waals surface area contributed by atoms with E-state index in [1.807, 2.05) is 19.1 Å². The third-order valence-electron chi connectivity index (χ3n) is 4.27. The molecule has 24 heavy (non-hydrogen) atoms. The molecule has 6 nitrogen and oxygen atoms in total. The van der Waals surface area contributed by atoms with Gasteiger partial charge in [-0.3, -0.25) is 0 Å². The molecule has 6 heteroatoms. The quantitative estimate of drug-likeness (QED) is 0.794. The number of rotatable bonds is 3. The number of oxazole rings is 1. The lowest BCUT2D eigenvalue weighted by Gasteiger charge is -2.15. The fourth-order valence-electron chi connectivity index (χ4n) is 3.13. The van der Waals surface area contributed by atoms with Crippen LogP contribution in [0.3, 0.4) is 0 Å². The first-order valence-corrected chi connectivity index (χ1v) is 8.03. The van der Waals surface area contributed by atoms with Crippen LogP contribution in [-0.4, -0.2) is 14.5 Å². The normalized spacial score (nSPS) is 13.3. The Morgan fingerprint density at radius 2 is 2.04 bits per heavy atom. The summed E-state index contributed by atoms with van der Waals surface area (Å²) < 4.78 is 7.82. The molecule has 3 heterocycles. The zero-order valence-electron chi connectivity index (χ0n) is 13.4. The second kappa shape index (κ2) is 5.85.